The van der Waals surface area contributed by atoms with Gasteiger partial charge in [-0.15, -0.1) is 0 Å². The van der Waals surface area contributed by atoms with Crippen LogP contribution in [0.3, 0.4) is 0 Å². The molecule has 122 valence electrons. The van der Waals surface area contributed by atoms with E-state index in [-0.39, 0.29) is 11.9 Å². The number of pyridine rings is 1. The number of carbonyl (C=O) groups is 1. The fourth-order valence-electron chi connectivity index (χ4n) is 2.47. The maximum Gasteiger partial charge on any atom is 0.417 e. The zero-order valence-corrected chi connectivity index (χ0v) is 12.3. The first-order chi connectivity index (χ1) is 10.3. The molecule has 1 fully saturated rings. The van der Waals surface area contributed by atoms with Crippen LogP contribution in [0, 0.1) is 0 Å². The number of nitrogens with zero attached hydrogens (tertiary/aromatic N) is 3. The Bertz CT molecular complexity index is 518. The second kappa shape index (κ2) is 6.51. The predicted octanol–water partition coefficient (Wildman–Crippen LogP) is 1.49. The van der Waals surface area contributed by atoms with Gasteiger partial charge < -0.3 is 10.6 Å². The van der Waals surface area contributed by atoms with E-state index in [9.17, 15) is 18.0 Å². The van der Waals surface area contributed by atoms with Crippen LogP contribution in [0.5, 0.6) is 0 Å². The summed E-state index contributed by atoms with van der Waals surface area (Å²) in [7, 11) is 0. The lowest BCUT2D eigenvalue weighted by molar-refractivity contribution is -0.137. The number of rotatable bonds is 3. The summed E-state index contributed by atoms with van der Waals surface area (Å²) in [6, 6.07) is 2.08. The van der Waals surface area contributed by atoms with Crippen LogP contribution in [0.1, 0.15) is 18.9 Å². The standard InChI is InChI=1S/C14H19F3N4O/c1-10(13(18)22)20-5-2-6-21(8-7-20)12-4-3-11(9-19-12)14(15,16)17/h3-4,9-10H,2,5-8H2,1H3,(H2,18,22)/t10-/m0/s1. The van der Waals surface area contributed by atoms with E-state index in [1.54, 1.807) is 6.92 Å². The van der Waals surface area contributed by atoms with Gasteiger partial charge >= 0.3 is 6.18 Å². The van der Waals surface area contributed by atoms with E-state index >= 15 is 0 Å². The van der Waals surface area contributed by atoms with Crippen LogP contribution < -0.4 is 10.6 Å². The van der Waals surface area contributed by atoms with Gasteiger partial charge in [0.25, 0.3) is 0 Å². The van der Waals surface area contributed by atoms with Crippen molar-refractivity contribution in [2.45, 2.75) is 25.6 Å². The van der Waals surface area contributed by atoms with Crippen LogP contribution in [0.25, 0.3) is 0 Å². The van der Waals surface area contributed by atoms with Crippen LogP contribution in [0.4, 0.5) is 19.0 Å². The van der Waals surface area contributed by atoms with Crippen molar-refractivity contribution in [1.29, 1.82) is 0 Å². The van der Waals surface area contributed by atoms with Gasteiger partial charge in [-0.3, -0.25) is 9.69 Å². The number of aromatic nitrogens is 1. The van der Waals surface area contributed by atoms with Gasteiger partial charge in [-0.2, -0.15) is 13.2 Å². The van der Waals surface area contributed by atoms with Crippen molar-refractivity contribution < 1.29 is 18.0 Å². The minimum atomic E-state index is -4.38. The van der Waals surface area contributed by atoms with Crippen molar-refractivity contribution in [3.63, 3.8) is 0 Å². The van der Waals surface area contributed by atoms with E-state index in [2.05, 4.69) is 4.98 Å². The van der Waals surface area contributed by atoms with Crippen molar-refractivity contribution in [1.82, 2.24) is 9.88 Å². The normalized spacial score (nSPS) is 18.8. The molecule has 1 saturated heterocycles. The lowest BCUT2D eigenvalue weighted by Gasteiger charge is -2.25. The molecule has 22 heavy (non-hydrogen) atoms. The molecule has 0 aliphatic carbocycles. The monoisotopic (exact) mass is 316 g/mol. The van der Waals surface area contributed by atoms with Crippen LogP contribution in [0.2, 0.25) is 0 Å². The summed E-state index contributed by atoms with van der Waals surface area (Å²) in [4.78, 5) is 19.1. The van der Waals surface area contributed by atoms with Crippen LogP contribution in [0.15, 0.2) is 18.3 Å². The highest BCUT2D eigenvalue weighted by Gasteiger charge is 2.31. The highest BCUT2D eigenvalue weighted by molar-refractivity contribution is 5.79. The first kappa shape index (κ1) is 16.5. The van der Waals surface area contributed by atoms with Crippen molar-refractivity contribution >= 4 is 11.7 Å². The summed E-state index contributed by atoms with van der Waals surface area (Å²) in [6.07, 6.45) is -2.73. The van der Waals surface area contributed by atoms with Gasteiger partial charge in [-0.1, -0.05) is 0 Å². The molecule has 0 bridgehead atoms. The number of hydrogen-bond donors (Lipinski definition) is 1. The van der Waals surface area contributed by atoms with Gasteiger partial charge in [0.05, 0.1) is 11.6 Å². The zero-order valence-electron chi connectivity index (χ0n) is 12.3. The van der Waals surface area contributed by atoms with Gasteiger partial charge in [-0.05, 0) is 25.5 Å². The Kier molecular flexibility index (Phi) is 4.90. The summed E-state index contributed by atoms with van der Waals surface area (Å²) >= 11 is 0. The van der Waals surface area contributed by atoms with Crippen molar-refractivity contribution in [3.05, 3.63) is 23.9 Å². The third-order valence-corrected chi connectivity index (χ3v) is 3.89. The topological polar surface area (TPSA) is 62.5 Å². The average Bonchev–Trinajstić information content (AvgIpc) is 2.71. The Morgan fingerprint density at radius 1 is 1.27 bits per heavy atom. The van der Waals surface area contributed by atoms with E-state index in [0.29, 0.717) is 25.5 Å². The first-order valence-corrected chi connectivity index (χ1v) is 7.10. The maximum absolute atomic E-state index is 12.5. The molecule has 5 nitrogen and oxygen atoms in total. The number of nitrogens with two attached hydrogens (primary N) is 1. The van der Waals surface area contributed by atoms with E-state index in [1.807, 2.05) is 9.80 Å². The second-order valence-electron chi connectivity index (χ2n) is 5.36. The molecule has 1 aliphatic rings. The zero-order chi connectivity index (χ0) is 16.3. The summed E-state index contributed by atoms with van der Waals surface area (Å²) in [5.74, 6) is 0.141. The fourth-order valence-corrected chi connectivity index (χ4v) is 2.47. The fraction of sp³-hybridized carbons (Fsp3) is 0.571. The summed E-state index contributed by atoms with van der Waals surface area (Å²) in [6.45, 7) is 4.37. The first-order valence-electron chi connectivity index (χ1n) is 7.10. The molecule has 0 saturated carbocycles. The van der Waals surface area contributed by atoms with Gasteiger partial charge in [0, 0.05) is 32.4 Å². The lowest BCUT2D eigenvalue weighted by atomic mass is 10.2. The minimum absolute atomic E-state index is 0.347. The molecule has 0 unspecified atom stereocenters. The van der Waals surface area contributed by atoms with Crippen LogP contribution in [-0.2, 0) is 11.0 Å². The lowest BCUT2D eigenvalue weighted by Crippen LogP contribution is -2.44. The summed E-state index contributed by atoms with van der Waals surface area (Å²) in [5, 5.41) is 0. The second-order valence-corrected chi connectivity index (χ2v) is 5.36. The molecule has 2 heterocycles. The number of hydrogen-bond acceptors (Lipinski definition) is 4. The third kappa shape index (κ3) is 3.88. The molecular weight excluding hydrogens is 297 g/mol. The molecule has 2 N–H and O–H groups in total. The molecule has 0 spiro atoms. The third-order valence-electron chi connectivity index (χ3n) is 3.89. The van der Waals surface area contributed by atoms with E-state index in [4.69, 9.17) is 5.73 Å². The SMILES string of the molecule is C[C@@H](C(N)=O)N1CCCN(c2ccc(C(F)(F)F)cn2)CC1. The average molecular weight is 316 g/mol. The number of halogens is 3. The Morgan fingerprint density at radius 3 is 2.55 bits per heavy atom. The van der Waals surface area contributed by atoms with Gasteiger partial charge in [0.2, 0.25) is 5.91 Å². The Morgan fingerprint density at radius 2 is 2.00 bits per heavy atom. The van der Waals surface area contributed by atoms with Crippen molar-refractivity contribution in [3.8, 4) is 0 Å². The van der Waals surface area contributed by atoms with Gasteiger partial charge in [-0.25, -0.2) is 4.98 Å². The number of carbonyl (C=O) groups excluding carboxylic acids is 1. The quantitative estimate of drug-likeness (QED) is 0.918. The van der Waals surface area contributed by atoms with E-state index in [0.717, 1.165) is 25.2 Å². The van der Waals surface area contributed by atoms with Gasteiger partial charge in [0.15, 0.2) is 0 Å². The Labute approximate surface area is 126 Å². The summed E-state index contributed by atoms with van der Waals surface area (Å²) < 4.78 is 37.6. The van der Waals surface area contributed by atoms with Crippen molar-refractivity contribution in [2.24, 2.45) is 5.73 Å². The smallest absolute Gasteiger partial charge is 0.368 e. The van der Waals surface area contributed by atoms with Crippen molar-refractivity contribution in [2.75, 3.05) is 31.1 Å². The van der Waals surface area contributed by atoms with E-state index in [1.165, 1.54) is 6.07 Å². The number of alkyl halides is 3. The maximum atomic E-state index is 12.5. The molecule has 1 amide bonds. The number of anilines is 1. The molecular formula is C14H19F3N4O. The predicted molar refractivity (Wildman–Crippen MR) is 76.3 cm³/mol. The molecule has 1 aromatic heterocycles. The Hall–Kier alpha value is -1.83. The minimum Gasteiger partial charge on any atom is -0.368 e. The number of amides is 1. The molecule has 8 heteroatoms. The highest BCUT2D eigenvalue weighted by atomic mass is 19.4. The molecule has 1 atom stereocenters. The largest absolute Gasteiger partial charge is 0.417 e. The molecule has 0 aromatic carbocycles. The molecule has 2 rings (SSSR count). The molecule has 0 radical (unpaired) electrons. The van der Waals surface area contributed by atoms with Crippen LogP contribution in [-0.4, -0.2) is 48.0 Å². The molecule has 1 aliphatic heterocycles. The van der Waals surface area contributed by atoms with Gasteiger partial charge in [0.1, 0.15) is 5.82 Å². The molecule has 1 aromatic rings. The summed E-state index contributed by atoms with van der Waals surface area (Å²) in [5.41, 5.74) is 4.55. The Balaban J connectivity index is 2.03. The number of primary amides is 1. The highest BCUT2D eigenvalue weighted by Crippen LogP contribution is 2.29. The van der Waals surface area contributed by atoms with E-state index < -0.39 is 11.7 Å². The van der Waals surface area contributed by atoms with Crippen LogP contribution >= 0.6 is 0 Å².